The summed E-state index contributed by atoms with van der Waals surface area (Å²) in [5.41, 5.74) is 8.23. The van der Waals surface area contributed by atoms with Gasteiger partial charge in [-0.2, -0.15) is 0 Å². The fraction of sp³-hybridized carbons (Fsp3) is 0.120. The first kappa shape index (κ1) is 22.9. The van der Waals surface area contributed by atoms with Gasteiger partial charge in [0.1, 0.15) is 11.6 Å². The lowest BCUT2D eigenvalue weighted by Crippen LogP contribution is -2.48. The first-order valence-corrected chi connectivity index (χ1v) is 11.1. The molecule has 0 radical (unpaired) electrons. The van der Waals surface area contributed by atoms with E-state index in [1.165, 1.54) is 5.56 Å². The summed E-state index contributed by atoms with van der Waals surface area (Å²) in [6.45, 7) is 0.539. The maximum absolute atomic E-state index is 12.4. The largest absolute Gasteiger partial charge is 0.493 e. The molecule has 4 rings (SSSR count). The molecular formula is C25H23N5O3S. The van der Waals surface area contributed by atoms with Crippen LogP contribution < -0.4 is 20.9 Å². The molecule has 0 atom stereocenters. The second-order valence-corrected chi connectivity index (χ2v) is 7.85. The van der Waals surface area contributed by atoms with Crippen molar-refractivity contribution in [1.82, 2.24) is 26.1 Å². The van der Waals surface area contributed by atoms with Crippen LogP contribution >= 0.6 is 12.2 Å². The summed E-state index contributed by atoms with van der Waals surface area (Å²) in [6, 6.07) is 24.3. The van der Waals surface area contributed by atoms with Crippen molar-refractivity contribution in [2.24, 2.45) is 0 Å². The summed E-state index contributed by atoms with van der Waals surface area (Å²) in [5, 5.41) is 2.50. The number of amides is 2. The fourth-order valence-corrected chi connectivity index (χ4v) is 3.40. The molecule has 172 valence electrons. The zero-order valence-corrected chi connectivity index (χ0v) is 19.0. The lowest BCUT2D eigenvalue weighted by Gasteiger charge is -2.11. The quantitative estimate of drug-likeness (QED) is 0.243. The molecule has 9 heteroatoms. The Morgan fingerprint density at radius 3 is 2.41 bits per heavy atom. The highest BCUT2D eigenvalue weighted by atomic mass is 32.1. The minimum Gasteiger partial charge on any atom is -0.493 e. The molecular weight excluding hydrogens is 450 g/mol. The number of nitrogens with one attached hydrogen (secondary N) is 4. The van der Waals surface area contributed by atoms with Crippen LogP contribution in [0, 0.1) is 0 Å². The molecule has 1 aromatic heterocycles. The number of carbonyl (C=O) groups excluding carboxylic acids is 2. The zero-order chi connectivity index (χ0) is 23.8. The number of hydrogen-bond acceptors (Lipinski definition) is 5. The number of aromatic amines is 1. The van der Waals surface area contributed by atoms with E-state index in [9.17, 15) is 9.59 Å². The van der Waals surface area contributed by atoms with Crippen LogP contribution in [0.3, 0.4) is 0 Å². The molecule has 4 N–H and O–H groups in total. The molecule has 0 unspecified atom stereocenters. The third-order valence-electron chi connectivity index (χ3n) is 4.93. The summed E-state index contributed by atoms with van der Waals surface area (Å²) >= 11 is 5.09. The van der Waals surface area contributed by atoms with Gasteiger partial charge in [-0.3, -0.25) is 25.8 Å². The smallest absolute Gasteiger partial charge is 0.257 e. The Morgan fingerprint density at radius 1 is 0.912 bits per heavy atom. The van der Waals surface area contributed by atoms with Gasteiger partial charge in [-0.15, -0.1) is 0 Å². The van der Waals surface area contributed by atoms with Gasteiger partial charge in [0.25, 0.3) is 5.91 Å². The van der Waals surface area contributed by atoms with Crippen molar-refractivity contribution in [2.75, 3.05) is 6.61 Å². The van der Waals surface area contributed by atoms with Gasteiger partial charge in [0.05, 0.1) is 24.1 Å². The zero-order valence-electron chi connectivity index (χ0n) is 18.2. The van der Waals surface area contributed by atoms with Crippen LogP contribution in [0.5, 0.6) is 5.75 Å². The number of benzene rings is 3. The van der Waals surface area contributed by atoms with E-state index >= 15 is 0 Å². The standard InChI is InChI=1S/C25H23N5O3S/c31-23(16-22-26-20-8-4-5-9-21(20)27-22)29-30-25(34)28-24(32)18-10-12-19(13-11-18)33-15-14-17-6-2-1-3-7-17/h1-13H,14-16H2,(H,26,27)(H,29,31)(H2,28,30,32,34). The number of ether oxygens (including phenoxy) is 1. The molecule has 0 fully saturated rings. The van der Waals surface area contributed by atoms with Gasteiger partial charge >= 0.3 is 0 Å². The van der Waals surface area contributed by atoms with Crippen molar-refractivity contribution in [1.29, 1.82) is 0 Å². The Hall–Kier alpha value is -4.24. The SMILES string of the molecule is O=C(Cc1nc2ccccc2[nH]1)NNC(=S)NC(=O)c1ccc(OCCc2ccccc2)cc1. The molecule has 0 saturated carbocycles. The van der Waals surface area contributed by atoms with Crippen LogP contribution in [-0.2, 0) is 17.6 Å². The molecule has 2 amide bonds. The first-order valence-electron chi connectivity index (χ1n) is 10.7. The Morgan fingerprint density at radius 2 is 1.65 bits per heavy atom. The number of H-pyrrole nitrogens is 1. The van der Waals surface area contributed by atoms with Gasteiger partial charge in [-0.05, 0) is 54.2 Å². The Kier molecular flexibility index (Phi) is 7.46. The molecule has 0 aliphatic heterocycles. The van der Waals surface area contributed by atoms with E-state index in [4.69, 9.17) is 17.0 Å². The minimum absolute atomic E-state index is 0.0221. The number of imidazole rings is 1. The number of aromatic nitrogens is 2. The molecule has 34 heavy (non-hydrogen) atoms. The molecule has 4 aromatic rings. The first-order chi connectivity index (χ1) is 16.6. The van der Waals surface area contributed by atoms with E-state index in [1.807, 2.05) is 42.5 Å². The number of hydrogen-bond donors (Lipinski definition) is 4. The normalized spacial score (nSPS) is 10.5. The summed E-state index contributed by atoms with van der Waals surface area (Å²) in [5.74, 6) is 0.445. The Labute approximate surface area is 201 Å². The monoisotopic (exact) mass is 473 g/mol. The summed E-state index contributed by atoms with van der Waals surface area (Å²) in [4.78, 5) is 32.0. The third-order valence-corrected chi connectivity index (χ3v) is 5.13. The molecule has 0 bridgehead atoms. The van der Waals surface area contributed by atoms with Crippen molar-refractivity contribution in [3.63, 3.8) is 0 Å². The van der Waals surface area contributed by atoms with E-state index in [0.29, 0.717) is 23.7 Å². The highest BCUT2D eigenvalue weighted by Crippen LogP contribution is 2.13. The van der Waals surface area contributed by atoms with Crippen LogP contribution in [0.25, 0.3) is 11.0 Å². The van der Waals surface area contributed by atoms with Crippen molar-refractivity contribution < 1.29 is 14.3 Å². The maximum atomic E-state index is 12.4. The number of carbonyl (C=O) groups is 2. The molecule has 8 nitrogen and oxygen atoms in total. The molecule has 1 heterocycles. The van der Waals surface area contributed by atoms with Gasteiger partial charge < -0.3 is 9.72 Å². The predicted octanol–water partition coefficient (Wildman–Crippen LogP) is 3.06. The second-order valence-electron chi connectivity index (χ2n) is 7.44. The fourth-order valence-electron chi connectivity index (χ4n) is 3.25. The van der Waals surface area contributed by atoms with E-state index < -0.39 is 5.91 Å². The molecule has 3 aromatic carbocycles. The highest BCUT2D eigenvalue weighted by Gasteiger charge is 2.11. The minimum atomic E-state index is -0.403. The average molecular weight is 474 g/mol. The van der Waals surface area contributed by atoms with Gasteiger partial charge in [0.2, 0.25) is 5.91 Å². The van der Waals surface area contributed by atoms with Crippen molar-refractivity contribution in [2.45, 2.75) is 12.8 Å². The van der Waals surface area contributed by atoms with Gasteiger partial charge in [-0.25, -0.2) is 4.98 Å². The van der Waals surface area contributed by atoms with Crippen molar-refractivity contribution in [3.8, 4) is 5.75 Å². The lowest BCUT2D eigenvalue weighted by molar-refractivity contribution is -0.121. The Bertz CT molecular complexity index is 1260. The number of nitrogens with zero attached hydrogens (tertiary/aromatic N) is 1. The van der Waals surface area contributed by atoms with E-state index in [-0.39, 0.29) is 17.4 Å². The van der Waals surface area contributed by atoms with Crippen molar-refractivity contribution >= 4 is 40.2 Å². The number of para-hydroxylation sites is 2. The second kappa shape index (κ2) is 11.1. The van der Waals surface area contributed by atoms with Gasteiger partial charge in [0, 0.05) is 12.0 Å². The van der Waals surface area contributed by atoms with E-state index in [1.54, 1.807) is 24.3 Å². The van der Waals surface area contributed by atoms with E-state index in [0.717, 1.165) is 17.5 Å². The molecule has 0 saturated heterocycles. The molecule has 0 aliphatic rings. The summed E-state index contributed by atoms with van der Waals surface area (Å²) in [6.07, 6.45) is 0.828. The summed E-state index contributed by atoms with van der Waals surface area (Å²) < 4.78 is 5.73. The highest BCUT2D eigenvalue weighted by molar-refractivity contribution is 7.80. The number of rotatable bonds is 7. The summed E-state index contributed by atoms with van der Waals surface area (Å²) in [7, 11) is 0. The van der Waals surface area contributed by atoms with Gasteiger partial charge in [-0.1, -0.05) is 42.5 Å². The van der Waals surface area contributed by atoms with Gasteiger partial charge in [0.15, 0.2) is 5.11 Å². The van der Waals surface area contributed by atoms with Crippen molar-refractivity contribution in [3.05, 3.63) is 95.8 Å². The Balaban J connectivity index is 1.19. The third kappa shape index (κ3) is 6.39. The van der Waals surface area contributed by atoms with Crippen LogP contribution in [-0.4, -0.2) is 33.5 Å². The topological polar surface area (TPSA) is 108 Å². The molecule has 0 spiro atoms. The van der Waals surface area contributed by atoms with Crippen LogP contribution in [0.4, 0.5) is 0 Å². The average Bonchev–Trinajstić information content (AvgIpc) is 3.26. The number of hydrazine groups is 1. The maximum Gasteiger partial charge on any atom is 0.257 e. The van der Waals surface area contributed by atoms with Crippen LogP contribution in [0.15, 0.2) is 78.9 Å². The number of fused-ring (bicyclic) bond motifs is 1. The number of thiocarbonyl (C=S) groups is 1. The predicted molar refractivity (Wildman–Crippen MR) is 133 cm³/mol. The lowest BCUT2D eigenvalue weighted by atomic mass is 10.2. The van der Waals surface area contributed by atoms with Crippen LogP contribution in [0.2, 0.25) is 0 Å². The van der Waals surface area contributed by atoms with Crippen LogP contribution in [0.1, 0.15) is 21.7 Å². The van der Waals surface area contributed by atoms with E-state index in [2.05, 4.69) is 38.3 Å². The molecule has 0 aliphatic carbocycles.